The molecule has 0 saturated heterocycles. The van der Waals surface area contributed by atoms with Gasteiger partial charge in [-0.3, -0.25) is 4.90 Å². The number of carbonyl (C=O) groups is 1. The smallest absolute Gasteiger partial charge is 0.325 e. The highest BCUT2D eigenvalue weighted by Crippen LogP contribution is 2.32. The van der Waals surface area contributed by atoms with E-state index in [0.29, 0.717) is 11.6 Å². The van der Waals surface area contributed by atoms with Crippen LogP contribution in [-0.4, -0.2) is 41.3 Å². The SMILES string of the molecule is CC(C)N(C)C(=O)N(C)c1nnc(C(C)(C)CC#N)s1. The molecule has 0 aliphatic rings. The van der Waals surface area contributed by atoms with E-state index >= 15 is 0 Å². The minimum absolute atomic E-state index is 0.118. The first kappa shape index (κ1) is 16.4. The summed E-state index contributed by atoms with van der Waals surface area (Å²) < 4.78 is 0. The van der Waals surface area contributed by atoms with Crippen LogP contribution < -0.4 is 4.90 Å². The molecule has 6 nitrogen and oxygen atoms in total. The zero-order valence-corrected chi connectivity index (χ0v) is 13.7. The Hall–Kier alpha value is -1.68. The summed E-state index contributed by atoms with van der Waals surface area (Å²) in [5, 5.41) is 18.3. The Balaban J connectivity index is 2.92. The fraction of sp³-hybridized carbons (Fsp3) is 0.692. The molecular weight excluding hydrogens is 274 g/mol. The Morgan fingerprint density at radius 3 is 2.50 bits per heavy atom. The Morgan fingerprint density at radius 1 is 1.40 bits per heavy atom. The fourth-order valence-corrected chi connectivity index (χ4v) is 2.34. The average molecular weight is 295 g/mol. The van der Waals surface area contributed by atoms with Gasteiger partial charge in [-0.2, -0.15) is 5.26 Å². The molecule has 1 heterocycles. The normalized spacial score (nSPS) is 11.3. The summed E-state index contributed by atoms with van der Waals surface area (Å²) in [6, 6.07) is 2.14. The predicted octanol–water partition coefficient (Wildman–Crippen LogP) is 2.63. The molecule has 1 aromatic rings. The summed E-state index contributed by atoms with van der Waals surface area (Å²) in [6.45, 7) is 7.80. The van der Waals surface area contributed by atoms with Crippen LogP contribution >= 0.6 is 11.3 Å². The Morgan fingerprint density at radius 2 is 2.00 bits per heavy atom. The minimum atomic E-state index is -0.349. The number of carbonyl (C=O) groups excluding carboxylic acids is 1. The standard InChI is InChI=1S/C13H21N5OS/c1-9(2)17(5)12(19)18(6)11-16-15-10(20-11)13(3,4)7-8-14/h9H,7H2,1-6H3. The number of urea groups is 1. The minimum Gasteiger partial charge on any atom is -0.325 e. The first-order chi connectivity index (χ1) is 9.20. The molecule has 2 amide bonds. The largest absolute Gasteiger partial charge is 0.326 e. The topological polar surface area (TPSA) is 73.1 Å². The van der Waals surface area contributed by atoms with Crippen molar-refractivity contribution in [1.29, 1.82) is 5.26 Å². The van der Waals surface area contributed by atoms with Gasteiger partial charge in [-0.15, -0.1) is 10.2 Å². The molecule has 0 fully saturated rings. The maximum absolute atomic E-state index is 12.2. The van der Waals surface area contributed by atoms with Crippen LogP contribution in [0.25, 0.3) is 0 Å². The second-order valence-electron chi connectivity index (χ2n) is 5.65. The zero-order chi connectivity index (χ0) is 15.5. The van der Waals surface area contributed by atoms with Crippen LogP contribution in [-0.2, 0) is 5.41 Å². The van der Waals surface area contributed by atoms with Crippen LogP contribution in [0.3, 0.4) is 0 Å². The Bertz CT molecular complexity index is 517. The number of hydrogen-bond acceptors (Lipinski definition) is 5. The molecule has 110 valence electrons. The second-order valence-corrected chi connectivity index (χ2v) is 6.61. The van der Waals surface area contributed by atoms with E-state index in [1.807, 2.05) is 27.7 Å². The number of aromatic nitrogens is 2. The van der Waals surface area contributed by atoms with Gasteiger partial charge in [-0.1, -0.05) is 25.2 Å². The molecule has 0 aromatic carbocycles. The van der Waals surface area contributed by atoms with Crippen molar-refractivity contribution >= 4 is 22.5 Å². The quantitative estimate of drug-likeness (QED) is 0.856. The van der Waals surface area contributed by atoms with E-state index in [4.69, 9.17) is 5.26 Å². The maximum atomic E-state index is 12.2. The maximum Gasteiger partial charge on any atom is 0.326 e. The van der Waals surface area contributed by atoms with E-state index in [1.54, 1.807) is 19.0 Å². The van der Waals surface area contributed by atoms with Gasteiger partial charge in [-0.25, -0.2) is 4.79 Å². The molecule has 0 unspecified atom stereocenters. The van der Waals surface area contributed by atoms with Crippen molar-refractivity contribution in [3.05, 3.63) is 5.01 Å². The second kappa shape index (κ2) is 6.18. The van der Waals surface area contributed by atoms with E-state index in [2.05, 4.69) is 16.3 Å². The lowest BCUT2D eigenvalue weighted by atomic mass is 9.91. The van der Waals surface area contributed by atoms with E-state index in [9.17, 15) is 4.79 Å². The summed E-state index contributed by atoms with van der Waals surface area (Å²) in [5.41, 5.74) is -0.349. The molecule has 7 heteroatoms. The van der Waals surface area contributed by atoms with Gasteiger partial charge in [0.25, 0.3) is 0 Å². The first-order valence-corrected chi connectivity index (χ1v) is 7.23. The van der Waals surface area contributed by atoms with Crippen molar-refractivity contribution in [2.24, 2.45) is 0 Å². The van der Waals surface area contributed by atoms with Gasteiger partial charge < -0.3 is 4.90 Å². The number of rotatable bonds is 4. The molecule has 0 N–H and O–H groups in total. The molecule has 1 aromatic heterocycles. The van der Waals surface area contributed by atoms with Crippen LogP contribution in [0.15, 0.2) is 0 Å². The Kier molecular flexibility index (Phi) is 5.06. The summed E-state index contributed by atoms with van der Waals surface area (Å²) in [5.74, 6) is 0. The Labute approximate surface area is 124 Å². The predicted molar refractivity (Wildman–Crippen MR) is 79.9 cm³/mol. The molecular formula is C13H21N5OS. The zero-order valence-electron chi connectivity index (χ0n) is 12.8. The lowest BCUT2D eigenvalue weighted by Crippen LogP contribution is -2.42. The number of amides is 2. The highest BCUT2D eigenvalue weighted by molar-refractivity contribution is 7.15. The summed E-state index contributed by atoms with van der Waals surface area (Å²) in [7, 11) is 3.44. The van der Waals surface area contributed by atoms with E-state index in [-0.39, 0.29) is 17.5 Å². The number of nitrogens with zero attached hydrogens (tertiary/aromatic N) is 5. The van der Waals surface area contributed by atoms with Crippen molar-refractivity contribution in [3.8, 4) is 6.07 Å². The van der Waals surface area contributed by atoms with Crippen molar-refractivity contribution in [1.82, 2.24) is 15.1 Å². The van der Waals surface area contributed by atoms with Gasteiger partial charge in [0.05, 0.1) is 6.07 Å². The highest BCUT2D eigenvalue weighted by atomic mass is 32.1. The summed E-state index contributed by atoms with van der Waals surface area (Å²) in [4.78, 5) is 15.3. The third-order valence-electron chi connectivity index (χ3n) is 3.16. The van der Waals surface area contributed by atoms with Crippen LogP contribution in [0.1, 0.15) is 39.1 Å². The molecule has 0 aliphatic carbocycles. The van der Waals surface area contributed by atoms with Crippen LogP contribution in [0.2, 0.25) is 0 Å². The monoisotopic (exact) mass is 295 g/mol. The van der Waals surface area contributed by atoms with Crippen LogP contribution in [0.4, 0.5) is 9.93 Å². The molecule has 1 rings (SSSR count). The summed E-state index contributed by atoms with van der Waals surface area (Å²) >= 11 is 1.35. The third kappa shape index (κ3) is 3.45. The molecule has 0 bridgehead atoms. The van der Waals surface area contributed by atoms with Crippen molar-refractivity contribution in [2.75, 3.05) is 19.0 Å². The molecule has 0 aliphatic heterocycles. The first-order valence-electron chi connectivity index (χ1n) is 6.42. The van der Waals surface area contributed by atoms with E-state index < -0.39 is 0 Å². The van der Waals surface area contributed by atoms with Crippen molar-refractivity contribution in [3.63, 3.8) is 0 Å². The van der Waals surface area contributed by atoms with E-state index in [1.165, 1.54) is 16.2 Å². The van der Waals surface area contributed by atoms with Gasteiger partial charge in [-0.05, 0) is 13.8 Å². The van der Waals surface area contributed by atoms with Gasteiger partial charge in [0.2, 0.25) is 5.13 Å². The van der Waals surface area contributed by atoms with Gasteiger partial charge in [0, 0.05) is 32.0 Å². The molecule has 0 spiro atoms. The van der Waals surface area contributed by atoms with Gasteiger partial charge in [0.1, 0.15) is 5.01 Å². The summed E-state index contributed by atoms with van der Waals surface area (Å²) in [6.07, 6.45) is 0.366. The van der Waals surface area contributed by atoms with Gasteiger partial charge >= 0.3 is 6.03 Å². The van der Waals surface area contributed by atoms with Crippen molar-refractivity contribution in [2.45, 2.75) is 45.6 Å². The average Bonchev–Trinajstić information content (AvgIpc) is 2.86. The molecule has 0 radical (unpaired) electrons. The van der Waals surface area contributed by atoms with Crippen molar-refractivity contribution < 1.29 is 4.79 Å². The number of hydrogen-bond donors (Lipinski definition) is 0. The van der Waals surface area contributed by atoms with Gasteiger partial charge in [0.15, 0.2) is 0 Å². The van der Waals surface area contributed by atoms with Crippen LogP contribution in [0, 0.1) is 11.3 Å². The lowest BCUT2D eigenvalue weighted by molar-refractivity contribution is 0.205. The molecule has 0 atom stereocenters. The third-order valence-corrected chi connectivity index (χ3v) is 4.53. The number of anilines is 1. The number of nitriles is 1. The van der Waals surface area contributed by atoms with E-state index in [0.717, 1.165) is 5.01 Å². The molecule has 0 saturated carbocycles. The molecule has 20 heavy (non-hydrogen) atoms. The fourth-order valence-electron chi connectivity index (χ4n) is 1.44. The highest BCUT2D eigenvalue weighted by Gasteiger charge is 2.28. The van der Waals surface area contributed by atoms with Crippen LogP contribution in [0.5, 0.6) is 0 Å². The lowest BCUT2D eigenvalue weighted by Gasteiger charge is -2.26.